The molecule has 1 saturated heterocycles. The summed E-state index contributed by atoms with van der Waals surface area (Å²) in [5.74, 6) is 0.617. The van der Waals surface area contributed by atoms with Gasteiger partial charge in [0.25, 0.3) is 0 Å². The summed E-state index contributed by atoms with van der Waals surface area (Å²) in [5.41, 5.74) is 6.80. The first kappa shape index (κ1) is 14.1. The van der Waals surface area contributed by atoms with Gasteiger partial charge in [-0.1, -0.05) is 18.2 Å². The normalized spacial score (nSPS) is 24.2. The summed E-state index contributed by atoms with van der Waals surface area (Å²) in [6.45, 7) is 4.73. The van der Waals surface area contributed by atoms with Crippen molar-refractivity contribution in [2.45, 2.75) is 44.7 Å². The van der Waals surface area contributed by atoms with Gasteiger partial charge in [-0.05, 0) is 38.8 Å². The largest absolute Gasteiger partial charge is 0.460 e. The predicted octanol–water partition coefficient (Wildman–Crippen LogP) is 2.87. The lowest BCUT2D eigenvalue weighted by Gasteiger charge is -2.37. The van der Waals surface area contributed by atoms with E-state index in [1.54, 1.807) is 0 Å². The molecule has 0 saturated carbocycles. The van der Waals surface area contributed by atoms with E-state index >= 15 is 0 Å². The Kier molecular flexibility index (Phi) is 3.72. The van der Waals surface area contributed by atoms with Crippen molar-refractivity contribution in [2.24, 2.45) is 5.73 Å². The van der Waals surface area contributed by atoms with Gasteiger partial charge in [0.15, 0.2) is 0 Å². The predicted molar refractivity (Wildman–Crippen MR) is 83.0 cm³/mol. The number of rotatable bonds is 2. The van der Waals surface area contributed by atoms with Crippen molar-refractivity contribution >= 4 is 16.9 Å². The molecule has 1 aliphatic rings. The number of amides is 1. The Bertz CT molecular complexity index is 616. The van der Waals surface area contributed by atoms with E-state index in [2.05, 4.69) is 6.92 Å². The molecule has 3 atom stereocenters. The molecule has 2 N–H and O–H groups in total. The topological polar surface area (TPSA) is 59.5 Å². The number of nitrogens with zero attached hydrogens (tertiary/aromatic N) is 1. The van der Waals surface area contributed by atoms with Gasteiger partial charge in [-0.25, -0.2) is 0 Å². The Morgan fingerprint density at radius 2 is 2.19 bits per heavy atom. The smallest absolute Gasteiger partial charge is 0.233 e. The van der Waals surface area contributed by atoms with Crippen molar-refractivity contribution in [3.63, 3.8) is 0 Å². The molecule has 1 fully saturated rings. The number of furan rings is 1. The zero-order valence-electron chi connectivity index (χ0n) is 12.6. The summed E-state index contributed by atoms with van der Waals surface area (Å²) < 4.78 is 5.83. The van der Waals surface area contributed by atoms with E-state index in [0.717, 1.165) is 36.1 Å². The first-order valence-corrected chi connectivity index (χ1v) is 7.61. The minimum absolute atomic E-state index is 0.133. The van der Waals surface area contributed by atoms with E-state index in [1.807, 2.05) is 42.2 Å². The van der Waals surface area contributed by atoms with Crippen molar-refractivity contribution in [2.75, 3.05) is 6.54 Å². The number of likely N-dealkylation sites (tertiary alicyclic amines) is 1. The maximum absolute atomic E-state index is 12.7. The molecule has 2 heterocycles. The lowest BCUT2D eigenvalue weighted by atomic mass is 9.96. The van der Waals surface area contributed by atoms with Gasteiger partial charge in [0.05, 0.1) is 5.92 Å². The lowest BCUT2D eigenvalue weighted by molar-refractivity contribution is -0.136. The van der Waals surface area contributed by atoms with Crippen LogP contribution >= 0.6 is 0 Å². The third kappa shape index (κ3) is 2.68. The van der Waals surface area contributed by atoms with Gasteiger partial charge < -0.3 is 15.1 Å². The molecule has 1 amide bonds. The maximum Gasteiger partial charge on any atom is 0.233 e. The van der Waals surface area contributed by atoms with Crippen LogP contribution in [0.2, 0.25) is 0 Å². The van der Waals surface area contributed by atoms with E-state index in [1.165, 1.54) is 0 Å². The molecule has 112 valence electrons. The fraction of sp³-hybridized carbons (Fsp3) is 0.471. The average Bonchev–Trinajstić information content (AvgIpc) is 2.89. The average molecular weight is 286 g/mol. The van der Waals surface area contributed by atoms with Gasteiger partial charge in [-0.2, -0.15) is 0 Å². The number of fused-ring (bicyclic) bond motifs is 1. The van der Waals surface area contributed by atoms with Gasteiger partial charge in [0, 0.05) is 24.0 Å². The van der Waals surface area contributed by atoms with Gasteiger partial charge in [0.1, 0.15) is 11.3 Å². The number of carbonyl (C=O) groups excluding carboxylic acids is 1. The van der Waals surface area contributed by atoms with Gasteiger partial charge >= 0.3 is 0 Å². The summed E-state index contributed by atoms with van der Waals surface area (Å²) in [6, 6.07) is 10.2. The van der Waals surface area contributed by atoms with Crippen LogP contribution in [-0.2, 0) is 4.79 Å². The second-order valence-electron chi connectivity index (χ2n) is 6.07. The van der Waals surface area contributed by atoms with Crippen molar-refractivity contribution in [3.05, 3.63) is 36.1 Å². The van der Waals surface area contributed by atoms with Gasteiger partial charge in [-0.15, -0.1) is 0 Å². The van der Waals surface area contributed by atoms with Crippen LogP contribution in [0.15, 0.2) is 34.7 Å². The van der Waals surface area contributed by atoms with E-state index in [-0.39, 0.29) is 23.9 Å². The molecule has 0 spiro atoms. The number of carbonyl (C=O) groups is 1. The molecular formula is C17H22N2O2. The minimum atomic E-state index is -0.255. The molecule has 1 aromatic heterocycles. The van der Waals surface area contributed by atoms with Gasteiger partial charge in [-0.3, -0.25) is 4.79 Å². The second kappa shape index (κ2) is 5.53. The molecule has 0 aliphatic carbocycles. The van der Waals surface area contributed by atoms with Gasteiger partial charge in [0.2, 0.25) is 5.91 Å². The Hall–Kier alpha value is -1.81. The van der Waals surface area contributed by atoms with E-state index in [9.17, 15) is 4.79 Å². The monoisotopic (exact) mass is 286 g/mol. The number of benzene rings is 1. The fourth-order valence-electron chi connectivity index (χ4n) is 3.12. The number of nitrogens with two attached hydrogens (primary N) is 1. The summed E-state index contributed by atoms with van der Waals surface area (Å²) in [7, 11) is 0. The van der Waals surface area contributed by atoms with Crippen LogP contribution in [0.25, 0.3) is 11.0 Å². The van der Waals surface area contributed by atoms with Crippen molar-refractivity contribution in [1.82, 2.24) is 4.90 Å². The molecule has 0 bridgehead atoms. The number of para-hydroxylation sites is 1. The molecule has 4 heteroatoms. The van der Waals surface area contributed by atoms with Crippen LogP contribution in [0.3, 0.4) is 0 Å². The first-order chi connectivity index (χ1) is 10.1. The third-order valence-electron chi connectivity index (χ3n) is 4.44. The molecule has 0 radical (unpaired) electrons. The Balaban J connectivity index is 1.80. The third-order valence-corrected chi connectivity index (χ3v) is 4.44. The quantitative estimate of drug-likeness (QED) is 0.923. The molecule has 1 aliphatic heterocycles. The summed E-state index contributed by atoms with van der Waals surface area (Å²) in [5, 5.41) is 1.04. The van der Waals surface area contributed by atoms with E-state index in [4.69, 9.17) is 10.2 Å². The Morgan fingerprint density at radius 3 is 2.90 bits per heavy atom. The molecule has 4 nitrogen and oxygen atoms in total. The zero-order valence-corrected chi connectivity index (χ0v) is 12.6. The molecule has 2 aromatic rings. The summed E-state index contributed by atoms with van der Waals surface area (Å²) >= 11 is 0. The number of hydrogen-bond donors (Lipinski definition) is 1. The number of hydrogen-bond acceptors (Lipinski definition) is 3. The Morgan fingerprint density at radius 1 is 1.43 bits per heavy atom. The molecular weight excluding hydrogens is 264 g/mol. The molecule has 21 heavy (non-hydrogen) atoms. The SMILES string of the molecule is C[C@H](C(=O)N1CC[C@H](N)C[C@@H]1C)c1cc2ccccc2o1. The molecule has 0 unspecified atom stereocenters. The van der Waals surface area contributed by atoms with E-state index < -0.39 is 0 Å². The van der Waals surface area contributed by atoms with Crippen LogP contribution in [-0.4, -0.2) is 29.4 Å². The van der Waals surface area contributed by atoms with Crippen LogP contribution < -0.4 is 5.73 Å². The lowest BCUT2D eigenvalue weighted by Crippen LogP contribution is -2.49. The Labute approximate surface area is 124 Å². The summed E-state index contributed by atoms with van der Waals surface area (Å²) in [6.07, 6.45) is 1.75. The standard InChI is InChI=1S/C17H22N2O2/c1-11-9-14(18)7-8-19(11)17(20)12(2)16-10-13-5-3-4-6-15(13)21-16/h3-6,10-12,14H,7-9,18H2,1-2H3/t11-,12-,14-/m0/s1. The van der Waals surface area contributed by atoms with Crippen LogP contribution in [0, 0.1) is 0 Å². The first-order valence-electron chi connectivity index (χ1n) is 7.61. The minimum Gasteiger partial charge on any atom is -0.460 e. The molecule has 3 rings (SSSR count). The van der Waals surface area contributed by atoms with Crippen molar-refractivity contribution in [1.29, 1.82) is 0 Å². The number of piperidine rings is 1. The molecule has 1 aromatic carbocycles. The highest BCUT2D eigenvalue weighted by Crippen LogP contribution is 2.28. The highest BCUT2D eigenvalue weighted by molar-refractivity contribution is 5.85. The van der Waals surface area contributed by atoms with Crippen LogP contribution in [0.4, 0.5) is 0 Å². The zero-order chi connectivity index (χ0) is 15.0. The van der Waals surface area contributed by atoms with Crippen molar-refractivity contribution < 1.29 is 9.21 Å². The summed E-state index contributed by atoms with van der Waals surface area (Å²) in [4.78, 5) is 14.7. The van der Waals surface area contributed by atoms with Crippen LogP contribution in [0.1, 0.15) is 38.4 Å². The second-order valence-corrected chi connectivity index (χ2v) is 6.07. The fourth-order valence-corrected chi connectivity index (χ4v) is 3.12. The maximum atomic E-state index is 12.7. The van der Waals surface area contributed by atoms with Crippen LogP contribution in [0.5, 0.6) is 0 Å². The highest BCUT2D eigenvalue weighted by Gasteiger charge is 2.31. The van der Waals surface area contributed by atoms with E-state index in [0.29, 0.717) is 0 Å². The highest BCUT2D eigenvalue weighted by atomic mass is 16.3. The van der Waals surface area contributed by atoms with Crippen molar-refractivity contribution in [3.8, 4) is 0 Å².